The van der Waals surface area contributed by atoms with Crippen LogP contribution in [0, 0.1) is 0 Å². The fourth-order valence-electron chi connectivity index (χ4n) is 1.75. The number of rotatable bonds is 2. The number of ether oxygens (including phenoxy) is 1. The van der Waals surface area contributed by atoms with Crippen LogP contribution in [0.3, 0.4) is 0 Å². The second-order valence-corrected chi connectivity index (χ2v) is 3.43. The lowest BCUT2D eigenvalue weighted by Crippen LogP contribution is -2.18. The van der Waals surface area contributed by atoms with Gasteiger partial charge in [0.1, 0.15) is 5.78 Å². The molecule has 0 N–H and O–H groups in total. The fourth-order valence-corrected chi connectivity index (χ4v) is 1.75. The molecule has 0 aromatic heterocycles. The largest absolute Gasteiger partial charge is 0.362 e. The molecule has 2 aliphatic heterocycles. The van der Waals surface area contributed by atoms with Crippen LogP contribution in [0.15, 0.2) is 23.8 Å². The van der Waals surface area contributed by atoms with Crippen LogP contribution in [0.2, 0.25) is 0 Å². The van der Waals surface area contributed by atoms with Crippen molar-refractivity contribution in [1.82, 2.24) is 0 Å². The van der Waals surface area contributed by atoms with Gasteiger partial charge in [-0.15, -0.1) is 0 Å². The second kappa shape index (κ2) is 2.87. The van der Waals surface area contributed by atoms with Crippen LogP contribution in [0.4, 0.5) is 0 Å². The molecule has 0 aliphatic carbocycles. The van der Waals surface area contributed by atoms with Crippen molar-refractivity contribution in [1.29, 1.82) is 0 Å². The predicted octanol–water partition coefficient (Wildman–Crippen LogP) is 1.62. The lowest BCUT2D eigenvalue weighted by atomic mass is 10.0. The third-order valence-corrected chi connectivity index (χ3v) is 2.19. The Kier molecular flexibility index (Phi) is 1.85. The first-order valence-electron chi connectivity index (χ1n) is 4.27. The van der Waals surface area contributed by atoms with Crippen molar-refractivity contribution < 1.29 is 9.53 Å². The Bertz CT molecular complexity index is 263. The van der Waals surface area contributed by atoms with Crippen molar-refractivity contribution in [2.24, 2.45) is 0 Å². The van der Waals surface area contributed by atoms with Gasteiger partial charge in [0.15, 0.2) is 0 Å². The molecule has 0 aromatic rings. The van der Waals surface area contributed by atoms with Crippen LogP contribution >= 0.6 is 0 Å². The van der Waals surface area contributed by atoms with E-state index in [2.05, 4.69) is 18.2 Å². The first-order chi connectivity index (χ1) is 5.74. The van der Waals surface area contributed by atoms with E-state index >= 15 is 0 Å². The van der Waals surface area contributed by atoms with Gasteiger partial charge in [-0.25, -0.2) is 0 Å². The fraction of sp³-hybridized carbons (Fsp3) is 0.500. The number of hydrogen-bond donors (Lipinski definition) is 0. The lowest BCUT2D eigenvalue weighted by Gasteiger charge is -2.19. The minimum absolute atomic E-state index is 0.137. The van der Waals surface area contributed by atoms with E-state index in [1.54, 1.807) is 6.92 Å². The highest BCUT2D eigenvalue weighted by molar-refractivity contribution is 5.78. The zero-order chi connectivity index (χ0) is 8.55. The Morgan fingerprint density at radius 3 is 3.17 bits per heavy atom. The quantitative estimate of drug-likeness (QED) is 0.580. The highest BCUT2D eigenvalue weighted by Gasteiger charge is 2.24. The number of ketones is 1. The average Bonchev–Trinajstić information content (AvgIpc) is 2.29. The molecule has 2 bridgehead atoms. The molecule has 0 aromatic carbocycles. The van der Waals surface area contributed by atoms with Crippen LogP contribution in [-0.2, 0) is 9.53 Å². The van der Waals surface area contributed by atoms with E-state index in [-0.39, 0.29) is 18.0 Å². The van der Waals surface area contributed by atoms with E-state index in [1.165, 1.54) is 5.57 Å². The SMILES string of the molecule is CC(=O)CC1=CC2C=CC(C1)O2. The molecule has 0 radical (unpaired) electrons. The number of Topliss-reactive ketones (excluding diaryl/α,β-unsaturated/α-hetero) is 1. The predicted molar refractivity (Wildman–Crippen MR) is 45.8 cm³/mol. The molecule has 2 heterocycles. The maximum atomic E-state index is 10.8. The first-order valence-corrected chi connectivity index (χ1v) is 4.27. The van der Waals surface area contributed by atoms with Gasteiger partial charge in [-0.3, -0.25) is 4.79 Å². The van der Waals surface area contributed by atoms with Crippen molar-refractivity contribution in [3.05, 3.63) is 23.8 Å². The standard InChI is InChI=1S/C10H12O2/c1-7(11)4-8-5-9-2-3-10(6-8)12-9/h2-3,5,9-10H,4,6H2,1H3. The summed E-state index contributed by atoms with van der Waals surface area (Å²) in [4.78, 5) is 10.8. The van der Waals surface area contributed by atoms with Gasteiger partial charge in [-0.05, 0) is 13.3 Å². The maximum absolute atomic E-state index is 10.8. The molecular formula is C10H12O2. The molecule has 0 fully saturated rings. The maximum Gasteiger partial charge on any atom is 0.133 e. The number of hydrogen-bond acceptors (Lipinski definition) is 2. The summed E-state index contributed by atoms with van der Waals surface area (Å²) in [5.41, 5.74) is 1.23. The summed E-state index contributed by atoms with van der Waals surface area (Å²) in [6, 6.07) is 0. The number of carbonyl (C=O) groups excluding carboxylic acids is 1. The molecule has 2 aliphatic rings. The highest BCUT2D eigenvalue weighted by atomic mass is 16.5. The first kappa shape index (κ1) is 7.74. The minimum Gasteiger partial charge on any atom is -0.362 e. The molecule has 0 amide bonds. The summed E-state index contributed by atoms with van der Waals surface area (Å²) in [5.74, 6) is 0.238. The summed E-state index contributed by atoms with van der Waals surface area (Å²) in [7, 11) is 0. The Morgan fingerprint density at radius 1 is 1.67 bits per heavy atom. The third-order valence-electron chi connectivity index (χ3n) is 2.19. The van der Waals surface area contributed by atoms with Gasteiger partial charge in [0.2, 0.25) is 0 Å². The van der Waals surface area contributed by atoms with Crippen molar-refractivity contribution in [3.63, 3.8) is 0 Å². The zero-order valence-corrected chi connectivity index (χ0v) is 7.12. The van der Waals surface area contributed by atoms with Gasteiger partial charge < -0.3 is 4.74 Å². The topological polar surface area (TPSA) is 26.3 Å². The van der Waals surface area contributed by atoms with Gasteiger partial charge in [0, 0.05) is 6.42 Å². The summed E-state index contributed by atoms with van der Waals surface area (Å²) in [5, 5.41) is 0. The van der Waals surface area contributed by atoms with Gasteiger partial charge in [0.05, 0.1) is 12.2 Å². The molecule has 0 saturated heterocycles. The van der Waals surface area contributed by atoms with E-state index in [1.807, 2.05) is 0 Å². The average molecular weight is 164 g/mol. The van der Waals surface area contributed by atoms with Gasteiger partial charge in [-0.1, -0.05) is 23.8 Å². The normalized spacial score (nSPS) is 31.9. The highest BCUT2D eigenvalue weighted by Crippen LogP contribution is 2.27. The molecule has 2 nitrogen and oxygen atoms in total. The monoisotopic (exact) mass is 164 g/mol. The van der Waals surface area contributed by atoms with Crippen molar-refractivity contribution in [2.75, 3.05) is 0 Å². The van der Waals surface area contributed by atoms with E-state index in [4.69, 9.17) is 4.74 Å². The molecule has 2 rings (SSSR count). The molecule has 0 spiro atoms. The molecule has 64 valence electrons. The number of carbonyl (C=O) groups is 1. The van der Waals surface area contributed by atoms with Crippen LogP contribution in [-0.4, -0.2) is 18.0 Å². The Labute approximate surface area is 71.9 Å². The molecule has 12 heavy (non-hydrogen) atoms. The van der Waals surface area contributed by atoms with Crippen LogP contribution in [0.25, 0.3) is 0 Å². The number of fused-ring (bicyclic) bond motifs is 2. The Hall–Kier alpha value is -0.890. The molecule has 0 saturated carbocycles. The smallest absolute Gasteiger partial charge is 0.133 e. The van der Waals surface area contributed by atoms with E-state index in [0.717, 1.165) is 6.42 Å². The lowest BCUT2D eigenvalue weighted by molar-refractivity contribution is -0.116. The Morgan fingerprint density at radius 2 is 2.50 bits per heavy atom. The second-order valence-electron chi connectivity index (χ2n) is 3.43. The van der Waals surface area contributed by atoms with Gasteiger partial charge >= 0.3 is 0 Å². The van der Waals surface area contributed by atoms with E-state index in [9.17, 15) is 4.79 Å². The summed E-state index contributed by atoms with van der Waals surface area (Å²) >= 11 is 0. The van der Waals surface area contributed by atoms with Crippen LogP contribution in [0.5, 0.6) is 0 Å². The molecule has 2 unspecified atom stereocenters. The Balaban J connectivity index is 2.06. The summed E-state index contributed by atoms with van der Waals surface area (Å²) < 4.78 is 5.51. The van der Waals surface area contributed by atoms with E-state index < -0.39 is 0 Å². The summed E-state index contributed by atoms with van der Waals surface area (Å²) in [6.45, 7) is 1.63. The van der Waals surface area contributed by atoms with Gasteiger partial charge in [0.25, 0.3) is 0 Å². The van der Waals surface area contributed by atoms with Crippen molar-refractivity contribution in [2.45, 2.75) is 32.0 Å². The minimum atomic E-state index is 0.137. The van der Waals surface area contributed by atoms with Crippen LogP contribution < -0.4 is 0 Å². The van der Waals surface area contributed by atoms with Crippen molar-refractivity contribution >= 4 is 5.78 Å². The molecular weight excluding hydrogens is 152 g/mol. The van der Waals surface area contributed by atoms with Crippen molar-refractivity contribution in [3.8, 4) is 0 Å². The molecule has 2 atom stereocenters. The third kappa shape index (κ3) is 1.48. The van der Waals surface area contributed by atoms with Gasteiger partial charge in [-0.2, -0.15) is 0 Å². The van der Waals surface area contributed by atoms with Crippen LogP contribution in [0.1, 0.15) is 19.8 Å². The van der Waals surface area contributed by atoms with E-state index in [0.29, 0.717) is 6.42 Å². The summed E-state index contributed by atoms with van der Waals surface area (Å²) in [6.07, 6.45) is 8.05. The zero-order valence-electron chi connectivity index (χ0n) is 7.12. The molecule has 2 heteroatoms.